The van der Waals surface area contributed by atoms with Gasteiger partial charge in [0.05, 0.1) is 23.9 Å². The standard InChI is InChI=1S/C21H20Cl2N4O3S/c1-3-4-5-19-25-26-21(31)27(19)24-12-13-6-9-17(18(10-13)29-2)30-20(28)15-8-7-14(22)11-16(15)23/h6-12H,3-5H2,1-2H3,(H,26,31). The highest BCUT2D eigenvalue weighted by Gasteiger charge is 2.16. The minimum Gasteiger partial charge on any atom is -0.493 e. The van der Waals surface area contributed by atoms with Gasteiger partial charge in [-0.15, -0.1) is 0 Å². The number of carbonyl (C=O) groups is 1. The zero-order chi connectivity index (χ0) is 22.4. The fourth-order valence-corrected chi connectivity index (χ4v) is 3.41. The average Bonchev–Trinajstić information content (AvgIpc) is 3.10. The Morgan fingerprint density at radius 1 is 1.26 bits per heavy atom. The van der Waals surface area contributed by atoms with Gasteiger partial charge in [-0.25, -0.2) is 4.79 Å². The molecule has 0 unspecified atom stereocenters. The van der Waals surface area contributed by atoms with E-state index in [2.05, 4.69) is 22.2 Å². The van der Waals surface area contributed by atoms with Gasteiger partial charge in [-0.3, -0.25) is 5.10 Å². The van der Waals surface area contributed by atoms with Gasteiger partial charge in [-0.2, -0.15) is 14.9 Å². The Morgan fingerprint density at radius 2 is 2.06 bits per heavy atom. The van der Waals surface area contributed by atoms with E-state index in [0.717, 1.165) is 30.7 Å². The minimum atomic E-state index is -0.619. The van der Waals surface area contributed by atoms with Crippen molar-refractivity contribution in [1.82, 2.24) is 14.9 Å². The number of unbranched alkanes of at least 4 members (excludes halogenated alkanes) is 1. The topological polar surface area (TPSA) is 81.5 Å². The van der Waals surface area contributed by atoms with Gasteiger partial charge in [-0.05, 0) is 60.6 Å². The van der Waals surface area contributed by atoms with E-state index >= 15 is 0 Å². The van der Waals surface area contributed by atoms with Crippen molar-refractivity contribution in [2.45, 2.75) is 26.2 Å². The van der Waals surface area contributed by atoms with E-state index in [1.54, 1.807) is 35.2 Å². The van der Waals surface area contributed by atoms with Crippen LogP contribution in [0, 0.1) is 4.77 Å². The maximum atomic E-state index is 12.5. The molecule has 0 fully saturated rings. The Hall–Kier alpha value is -2.68. The molecule has 0 aliphatic rings. The van der Waals surface area contributed by atoms with Crippen molar-refractivity contribution in [3.8, 4) is 11.5 Å². The van der Waals surface area contributed by atoms with Crippen LogP contribution in [0.25, 0.3) is 0 Å². The molecule has 10 heteroatoms. The number of carbonyl (C=O) groups excluding carboxylic acids is 1. The number of aryl methyl sites for hydroxylation is 1. The van der Waals surface area contributed by atoms with Crippen LogP contribution in [0.2, 0.25) is 10.0 Å². The van der Waals surface area contributed by atoms with E-state index in [1.165, 1.54) is 19.2 Å². The lowest BCUT2D eigenvalue weighted by Crippen LogP contribution is -2.10. The lowest BCUT2D eigenvalue weighted by Gasteiger charge is -2.10. The monoisotopic (exact) mass is 478 g/mol. The van der Waals surface area contributed by atoms with Crippen molar-refractivity contribution in [3.05, 3.63) is 68.2 Å². The highest BCUT2D eigenvalue weighted by atomic mass is 35.5. The van der Waals surface area contributed by atoms with Crippen molar-refractivity contribution in [1.29, 1.82) is 0 Å². The number of nitrogens with zero attached hydrogens (tertiary/aromatic N) is 3. The summed E-state index contributed by atoms with van der Waals surface area (Å²) in [5.41, 5.74) is 0.929. The quantitative estimate of drug-likeness (QED) is 0.194. The summed E-state index contributed by atoms with van der Waals surface area (Å²) in [5, 5.41) is 12.0. The average molecular weight is 479 g/mol. The molecule has 0 radical (unpaired) electrons. The number of rotatable bonds is 8. The van der Waals surface area contributed by atoms with E-state index < -0.39 is 5.97 Å². The maximum absolute atomic E-state index is 12.5. The Bertz CT molecular complexity index is 1170. The maximum Gasteiger partial charge on any atom is 0.345 e. The van der Waals surface area contributed by atoms with E-state index in [-0.39, 0.29) is 16.3 Å². The van der Waals surface area contributed by atoms with E-state index in [1.807, 2.05) is 0 Å². The molecule has 1 heterocycles. The Kier molecular flexibility index (Phi) is 7.84. The number of hydrogen-bond donors (Lipinski definition) is 1. The lowest BCUT2D eigenvalue weighted by atomic mass is 10.2. The summed E-state index contributed by atoms with van der Waals surface area (Å²) in [5.74, 6) is 0.760. The highest BCUT2D eigenvalue weighted by Crippen LogP contribution is 2.30. The SMILES string of the molecule is CCCCc1n[nH]c(=S)n1N=Cc1ccc(OC(=O)c2ccc(Cl)cc2Cl)c(OC)c1. The van der Waals surface area contributed by atoms with Gasteiger partial charge in [0.25, 0.3) is 0 Å². The van der Waals surface area contributed by atoms with E-state index in [4.69, 9.17) is 44.9 Å². The summed E-state index contributed by atoms with van der Waals surface area (Å²) in [7, 11) is 1.48. The first-order valence-corrected chi connectivity index (χ1v) is 10.6. The number of methoxy groups -OCH3 is 1. The van der Waals surface area contributed by atoms with Crippen molar-refractivity contribution in [2.24, 2.45) is 5.10 Å². The van der Waals surface area contributed by atoms with Gasteiger partial charge in [-0.1, -0.05) is 36.5 Å². The largest absolute Gasteiger partial charge is 0.493 e. The van der Waals surface area contributed by atoms with Crippen molar-refractivity contribution in [2.75, 3.05) is 7.11 Å². The molecule has 2 aromatic carbocycles. The zero-order valence-corrected chi connectivity index (χ0v) is 19.2. The van der Waals surface area contributed by atoms with Crippen LogP contribution in [0.4, 0.5) is 0 Å². The van der Waals surface area contributed by atoms with Crippen LogP contribution in [-0.2, 0) is 6.42 Å². The molecule has 0 saturated heterocycles. The third-order valence-corrected chi connectivity index (χ3v) is 5.15. The summed E-state index contributed by atoms with van der Waals surface area (Å²) in [4.78, 5) is 12.5. The van der Waals surface area contributed by atoms with E-state index in [9.17, 15) is 4.79 Å². The summed E-state index contributed by atoms with van der Waals surface area (Å²) >= 11 is 17.2. The molecule has 162 valence electrons. The molecular formula is C21H20Cl2N4O3S. The van der Waals surface area contributed by atoms with Crippen molar-refractivity contribution in [3.63, 3.8) is 0 Å². The number of ether oxygens (including phenoxy) is 2. The Balaban J connectivity index is 1.80. The first-order valence-electron chi connectivity index (χ1n) is 9.48. The number of esters is 1. The first-order chi connectivity index (χ1) is 14.9. The summed E-state index contributed by atoms with van der Waals surface area (Å²) in [6, 6.07) is 9.61. The third kappa shape index (κ3) is 5.72. The summed E-state index contributed by atoms with van der Waals surface area (Å²) < 4.78 is 12.8. The van der Waals surface area contributed by atoms with Crippen LogP contribution in [0.1, 0.15) is 41.5 Å². The molecule has 31 heavy (non-hydrogen) atoms. The predicted octanol–water partition coefficient (Wildman–Crippen LogP) is 5.70. The van der Waals surface area contributed by atoms with Crippen LogP contribution >= 0.6 is 35.4 Å². The second-order valence-corrected chi connectivity index (χ2v) is 7.76. The van der Waals surface area contributed by atoms with Gasteiger partial charge >= 0.3 is 5.97 Å². The van der Waals surface area contributed by atoms with Crippen LogP contribution in [0.15, 0.2) is 41.5 Å². The number of hydrogen-bond acceptors (Lipinski definition) is 6. The smallest absolute Gasteiger partial charge is 0.345 e. The number of aromatic nitrogens is 3. The molecule has 0 aliphatic carbocycles. The van der Waals surface area contributed by atoms with Gasteiger partial charge in [0.1, 0.15) is 0 Å². The van der Waals surface area contributed by atoms with Gasteiger partial charge in [0.15, 0.2) is 17.3 Å². The van der Waals surface area contributed by atoms with Crippen LogP contribution in [-0.4, -0.2) is 34.2 Å². The molecule has 0 amide bonds. The van der Waals surface area contributed by atoms with Crippen LogP contribution < -0.4 is 9.47 Å². The van der Waals surface area contributed by atoms with Crippen LogP contribution in [0.5, 0.6) is 11.5 Å². The van der Waals surface area contributed by atoms with E-state index in [0.29, 0.717) is 15.5 Å². The number of halogens is 2. The Labute approximate surface area is 194 Å². The molecular weight excluding hydrogens is 459 g/mol. The molecule has 0 aliphatic heterocycles. The summed E-state index contributed by atoms with van der Waals surface area (Å²) in [6.07, 6.45) is 4.43. The Morgan fingerprint density at radius 3 is 2.77 bits per heavy atom. The molecule has 1 N–H and O–H groups in total. The molecule has 0 spiro atoms. The van der Waals surface area contributed by atoms with Crippen molar-refractivity contribution < 1.29 is 14.3 Å². The number of H-pyrrole nitrogens is 1. The predicted molar refractivity (Wildman–Crippen MR) is 123 cm³/mol. The molecule has 0 saturated carbocycles. The lowest BCUT2D eigenvalue weighted by molar-refractivity contribution is 0.0730. The third-order valence-electron chi connectivity index (χ3n) is 4.34. The second-order valence-electron chi connectivity index (χ2n) is 6.53. The van der Waals surface area contributed by atoms with Gasteiger partial charge < -0.3 is 9.47 Å². The molecule has 0 atom stereocenters. The minimum absolute atomic E-state index is 0.202. The fourth-order valence-electron chi connectivity index (χ4n) is 2.72. The first kappa shape index (κ1) is 23.0. The van der Waals surface area contributed by atoms with Gasteiger partial charge in [0.2, 0.25) is 4.77 Å². The van der Waals surface area contributed by atoms with Crippen LogP contribution in [0.3, 0.4) is 0 Å². The van der Waals surface area contributed by atoms with Gasteiger partial charge in [0, 0.05) is 11.4 Å². The molecule has 0 bridgehead atoms. The fraction of sp³-hybridized carbons (Fsp3) is 0.238. The van der Waals surface area contributed by atoms with Crippen molar-refractivity contribution >= 4 is 47.6 Å². The molecule has 3 aromatic rings. The zero-order valence-electron chi connectivity index (χ0n) is 16.9. The summed E-state index contributed by atoms with van der Waals surface area (Å²) in [6.45, 7) is 2.11. The number of nitrogens with one attached hydrogen (secondary N) is 1. The molecule has 1 aromatic heterocycles. The number of aromatic amines is 1. The normalized spacial score (nSPS) is 11.1. The second kappa shape index (κ2) is 10.6. The number of benzene rings is 2. The molecule has 3 rings (SSSR count). The highest BCUT2D eigenvalue weighted by molar-refractivity contribution is 7.71. The molecule has 7 nitrogen and oxygen atoms in total.